The van der Waals surface area contributed by atoms with Gasteiger partial charge in [0.05, 0.1) is 10.9 Å². The topological polar surface area (TPSA) is 122 Å². The van der Waals surface area contributed by atoms with Crippen molar-refractivity contribution in [1.29, 1.82) is 0 Å². The molecule has 10 heteroatoms. The van der Waals surface area contributed by atoms with E-state index in [1.165, 1.54) is 12.1 Å². The second-order valence-corrected chi connectivity index (χ2v) is 10.4. The first-order chi connectivity index (χ1) is 15.5. The van der Waals surface area contributed by atoms with Crippen molar-refractivity contribution in [1.82, 2.24) is 20.2 Å². The van der Waals surface area contributed by atoms with Crippen LogP contribution in [0.5, 0.6) is 0 Å². The molecule has 9 nitrogen and oxygen atoms in total. The summed E-state index contributed by atoms with van der Waals surface area (Å²) in [5.41, 5.74) is 1.91. The van der Waals surface area contributed by atoms with Crippen LogP contribution >= 0.6 is 0 Å². The summed E-state index contributed by atoms with van der Waals surface area (Å²) in [6.45, 7) is 11.8. The van der Waals surface area contributed by atoms with Gasteiger partial charge in [-0.15, -0.1) is 0 Å². The number of nitrogens with zero attached hydrogens (tertiary/aromatic N) is 4. The van der Waals surface area contributed by atoms with Crippen molar-refractivity contribution in [3.63, 3.8) is 0 Å². The van der Waals surface area contributed by atoms with E-state index in [-0.39, 0.29) is 22.8 Å². The lowest BCUT2D eigenvalue weighted by molar-refractivity contribution is -0.125. The highest BCUT2D eigenvalue weighted by Crippen LogP contribution is 2.19. The van der Waals surface area contributed by atoms with Crippen molar-refractivity contribution >= 4 is 21.7 Å². The lowest BCUT2D eigenvalue weighted by Gasteiger charge is -2.38. The summed E-state index contributed by atoms with van der Waals surface area (Å²) < 4.78 is 22.7. The van der Waals surface area contributed by atoms with Gasteiger partial charge < -0.3 is 10.2 Å². The number of amides is 1. The van der Waals surface area contributed by atoms with Crippen LogP contribution in [0, 0.1) is 6.92 Å². The van der Waals surface area contributed by atoms with E-state index in [0.717, 1.165) is 49.1 Å². The number of carbonyl (C=O) groups is 1. The molecule has 1 saturated heterocycles. The van der Waals surface area contributed by atoms with Gasteiger partial charge in [-0.05, 0) is 38.0 Å². The van der Waals surface area contributed by atoms with E-state index in [1.807, 2.05) is 19.9 Å². The van der Waals surface area contributed by atoms with Crippen molar-refractivity contribution in [2.24, 2.45) is 5.14 Å². The first kappa shape index (κ1) is 25.1. The summed E-state index contributed by atoms with van der Waals surface area (Å²) in [7, 11) is -3.69. The monoisotopic (exact) mass is 474 g/mol. The Labute approximate surface area is 196 Å². The SMILES string of the molecule is Cc1cc(N2CCN(C(C)C(=O)NCCc3ccc(S(N)(=O)=O)cc3)CC2)nc(C(C)C)n1. The highest BCUT2D eigenvalue weighted by atomic mass is 32.2. The number of nitrogens with one attached hydrogen (secondary N) is 1. The lowest BCUT2D eigenvalue weighted by Crippen LogP contribution is -2.54. The van der Waals surface area contributed by atoms with Crippen LogP contribution in [0.3, 0.4) is 0 Å². The molecule has 3 rings (SSSR count). The van der Waals surface area contributed by atoms with E-state index in [9.17, 15) is 13.2 Å². The molecule has 180 valence electrons. The predicted octanol–water partition coefficient (Wildman–Crippen LogP) is 1.43. The van der Waals surface area contributed by atoms with E-state index < -0.39 is 10.0 Å². The Morgan fingerprint density at radius 2 is 1.73 bits per heavy atom. The van der Waals surface area contributed by atoms with Gasteiger partial charge >= 0.3 is 0 Å². The van der Waals surface area contributed by atoms with Crippen LogP contribution in [-0.4, -0.2) is 68.0 Å². The van der Waals surface area contributed by atoms with Gasteiger partial charge in [-0.3, -0.25) is 9.69 Å². The first-order valence-corrected chi connectivity index (χ1v) is 12.8. The minimum Gasteiger partial charge on any atom is -0.354 e. The van der Waals surface area contributed by atoms with Crippen molar-refractivity contribution < 1.29 is 13.2 Å². The van der Waals surface area contributed by atoms with Crippen molar-refractivity contribution in [3.8, 4) is 0 Å². The Hall–Kier alpha value is -2.56. The van der Waals surface area contributed by atoms with Gasteiger partial charge in [-0.1, -0.05) is 26.0 Å². The van der Waals surface area contributed by atoms with Gasteiger partial charge in [-0.25, -0.2) is 23.5 Å². The van der Waals surface area contributed by atoms with Gasteiger partial charge in [0.25, 0.3) is 0 Å². The Bertz CT molecular complexity index is 1060. The maximum atomic E-state index is 12.7. The molecule has 1 aromatic heterocycles. The highest BCUT2D eigenvalue weighted by molar-refractivity contribution is 7.89. The number of anilines is 1. The highest BCUT2D eigenvalue weighted by Gasteiger charge is 2.26. The predicted molar refractivity (Wildman–Crippen MR) is 129 cm³/mol. The number of primary sulfonamides is 1. The smallest absolute Gasteiger partial charge is 0.238 e. The Morgan fingerprint density at radius 3 is 2.30 bits per heavy atom. The van der Waals surface area contributed by atoms with E-state index in [0.29, 0.717) is 13.0 Å². The van der Waals surface area contributed by atoms with E-state index >= 15 is 0 Å². The van der Waals surface area contributed by atoms with Crippen LogP contribution in [0.4, 0.5) is 5.82 Å². The number of nitrogens with two attached hydrogens (primary N) is 1. The summed E-state index contributed by atoms with van der Waals surface area (Å²) in [5.74, 6) is 2.08. The maximum absolute atomic E-state index is 12.7. The maximum Gasteiger partial charge on any atom is 0.238 e. The van der Waals surface area contributed by atoms with Gasteiger partial charge in [0.1, 0.15) is 11.6 Å². The minimum atomic E-state index is -3.69. The average Bonchev–Trinajstić information content (AvgIpc) is 2.78. The largest absolute Gasteiger partial charge is 0.354 e. The molecule has 0 radical (unpaired) electrons. The van der Waals surface area contributed by atoms with Crippen LogP contribution in [0.25, 0.3) is 0 Å². The minimum absolute atomic E-state index is 0.00965. The van der Waals surface area contributed by atoms with Gasteiger partial charge in [0, 0.05) is 50.4 Å². The molecule has 1 amide bonds. The molecule has 0 bridgehead atoms. The number of carbonyl (C=O) groups excluding carboxylic acids is 1. The van der Waals surface area contributed by atoms with Crippen molar-refractivity contribution in [2.45, 2.75) is 51.0 Å². The van der Waals surface area contributed by atoms with Crippen LogP contribution in [0.1, 0.15) is 43.8 Å². The zero-order chi connectivity index (χ0) is 24.2. The average molecular weight is 475 g/mol. The normalized spacial score (nSPS) is 16.1. The van der Waals surface area contributed by atoms with Gasteiger partial charge in [0.15, 0.2) is 0 Å². The van der Waals surface area contributed by atoms with Crippen LogP contribution in [0.2, 0.25) is 0 Å². The van der Waals surface area contributed by atoms with Crippen LogP contribution in [-0.2, 0) is 21.2 Å². The number of sulfonamides is 1. The molecule has 33 heavy (non-hydrogen) atoms. The van der Waals surface area contributed by atoms with E-state index in [2.05, 4.69) is 33.9 Å². The van der Waals surface area contributed by atoms with Crippen LogP contribution < -0.4 is 15.4 Å². The van der Waals surface area contributed by atoms with E-state index in [1.54, 1.807) is 12.1 Å². The molecule has 1 aromatic carbocycles. The lowest BCUT2D eigenvalue weighted by atomic mass is 10.1. The van der Waals surface area contributed by atoms with Gasteiger partial charge in [-0.2, -0.15) is 0 Å². The molecule has 0 aliphatic carbocycles. The molecule has 0 saturated carbocycles. The molecule has 1 atom stereocenters. The molecule has 1 aliphatic heterocycles. The molecular weight excluding hydrogens is 440 g/mol. The molecule has 2 heterocycles. The Kier molecular flexibility index (Phi) is 8.04. The standard InChI is InChI=1S/C23H34N6O3S/c1-16(2)22-26-17(3)15-21(27-22)29-13-11-28(12-14-29)18(4)23(30)25-10-9-19-5-7-20(8-6-19)33(24,31)32/h5-8,15-16,18H,9-14H2,1-4H3,(H,25,30)(H2,24,31,32). The number of hydrogen-bond acceptors (Lipinski definition) is 7. The molecule has 2 aromatic rings. The summed E-state index contributed by atoms with van der Waals surface area (Å²) in [6.07, 6.45) is 0.613. The van der Waals surface area contributed by atoms with E-state index in [4.69, 9.17) is 10.1 Å². The second-order valence-electron chi connectivity index (χ2n) is 8.81. The molecule has 0 spiro atoms. The summed E-state index contributed by atoms with van der Waals surface area (Å²) in [6, 6.07) is 8.20. The molecule has 1 unspecified atom stereocenters. The fraction of sp³-hybridized carbons (Fsp3) is 0.522. The summed E-state index contributed by atoms with van der Waals surface area (Å²) >= 11 is 0. The summed E-state index contributed by atoms with van der Waals surface area (Å²) in [4.78, 5) is 26.4. The Balaban J connectivity index is 1.47. The number of piperazine rings is 1. The van der Waals surface area contributed by atoms with Crippen molar-refractivity contribution in [2.75, 3.05) is 37.6 Å². The first-order valence-electron chi connectivity index (χ1n) is 11.3. The third-order valence-corrected chi connectivity index (χ3v) is 6.83. The zero-order valence-corrected chi connectivity index (χ0v) is 20.6. The number of aryl methyl sites for hydroxylation is 1. The number of rotatable bonds is 8. The molecule has 1 aliphatic rings. The van der Waals surface area contributed by atoms with Gasteiger partial charge in [0.2, 0.25) is 15.9 Å². The van der Waals surface area contributed by atoms with Crippen LogP contribution in [0.15, 0.2) is 35.2 Å². The third-order valence-electron chi connectivity index (χ3n) is 5.90. The summed E-state index contributed by atoms with van der Waals surface area (Å²) in [5, 5.41) is 8.10. The molecule has 3 N–H and O–H groups in total. The number of hydrogen-bond donors (Lipinski definition) is 2. The molecule has 1 fully saturated rings. The van der Waals surface area contributed by atoms with Crippen molar-refractivity contribution in [3.05, 3.63) is 47.4 Å². The number of aromatic nitrogens is 2. The quantitative estimate of drug-likeness (QED) is 0.593. The third kappa shape index (κ3) is 6.72. The number of benzene rings is 1. The second kappa shape index (κ2) is 10.6. The molecular formula is C23H34N6O3S. The fourth-order valence-electron chi connectivity index (χ4n) is 3.82. The Morgan fingerprint density at radius 1 is 1.09 bits per heavy atom. The zero-order valence-electron chi connectivity index (χ0n) is 19.8. The fourth-order valence-corrected chi connectivity index (χ4v) is 4.34.